The summed E-state index contributed by atoms with van der Waals surface area (Å²) in [6.07, 6.45) is 0. The Morgan fingerprint density at radius 1 is 1.36 bits per heavy atom. The molecule has 0 aliphatic carbocycles. The molecule has 2 amide bonds. The number of anilines is 2. The number of carbonyl (C=O) groups excluding carboxylic acids is 2. The minimum atomic E-state index is -0.351. The van der Waals surface area contributed by atoms with Crippen molar-refractivity contribution in [2.24, 2.45) is 0 Å². The molecule has 2 heterocycles. The second-order valence-corrected chi connectivity index (χ2v) is 5.35. The predicted molar refractivity (Wildman–Crippen MR) is 81.1 cm³/mol. The molecule has 1 atom stereocenters. The molecule has 0 spiro atoms. The Balaban J connectivity index is 1.66. The molecule has 1 aromatic rings. The van der Waals surface area contributed by atoms with Crippen molar-refractivity contribution in [2.45, 2.75) is 13.0 Å². The Morgan fingerprint density at radius 3 is 2.91 bits per heavy atom. The first-order valence-corrected chi connectivity index (χ1v) is 7.33. The smallest absolute Gasteiger partial charge is 0.262 e. The lowest BCUT2D eigenvalue weighted by Crippen LogP contribution is -2.47. The molecule has 0 saturated carbocycles. The molecule has 118 valence electrons. The van der Waals surface area contributed by atoms with E-state index in [1.165, 1.54) is 0 Å². The molecule has 3 rings (SSSR count). The molecule has 7 nitrogen and oxygen atoms in total. The van der Waals surface area contributed by atoms with E-state index in [2.05, 4.69) is 10.6 Å². The quantitative estimate of drug-likeness (QED) is 0.858. The predicted octanol–water partition coefficient (Wildman–Crippen LogP) is 0.677. The fourth-order valence-corrected chi connectivity index (χ4v) is 2.54. The molecule has 1 saturated heterocycles. The lowest BCUT2D eigenvalue weighted by atomic mass is 10.2. The van der Waals surface area contributed by atoms with Gasteiger partial charge < -0.3 is 25.0 Å². The molecule has 2 N–H and O–H groups in total. The van der Waals surface area contributed by atoms with Crippen LogP contribution < -0.4 is 15.4 Å². The van der Waals surface area contributed by atoms with Gasteiger partial charge >= 0.3 is 0 Å². The van der Waals surface area contributed by atoms with Gasteiger partial charge in [0.15, 0.2) is 6.61 Å². The number of fused-ring (bicyclic) bond motifs is 1. The van der Waals surface area contributed by atoms with Crippen LogP contribution in [0.15, 0.2) is 18.2 Å². The molecular formula is C15H19N3O4. The number of ether oxygens (including phenoxy) is 2. The van der Waals surface area contributed by atoms with Crippen LogP contribution in [-0.4, -0.2) is 55.7 Å². The SMILES string of the molecule is C[C@@H](Nc1ccc2c(c1)NC(=O)CO2)C(=O)N1CCOCC1. The first-order valence-electron chi connectivity index (χ1n) is 7.33. The minimum absolute atomic E-state index is 0.0334. The summed E-state index contributed by atoms with van der Waals surface area (Å²) in [5.41, 5.74) is 1.38. The average Bonchev–Trinajstić information content (AvgIpc) is 2.54. The highest BCUT2D eigenvalue weighted by atomic mass is 16.5. The molecule has 2 aliphatic rings. The summed E-state index contributed by atoms with van der Waals surface area (Å²) in [7, 11) is 0. The number of carbonyl (C=O) groups is 2. The molecule has 0 aromatic heterocycles. The number of hydrogen-bond donors (Lipinski definition) is 2. The Morgan fingerprint density at radius 2 is 2.14 bits per heavy atom. The fourth-order valence-electron chi connectivity index (χ4n) is 2.54. The van der Waals surface area contributed by atoms with Crippen LogP contribution in [0.5, 0.6) is 5.75 Å². The fraction of sp³-hybridized carbons (Fsp3) is 0.467. The van der Waals surface area contributed by atoms with Crippen molar-refractivity contribution in [1.82, 2.24) is 4.90 Å². The van der Waals surface area contributed by atoms with Crippen LogP contribution in [0.3, 0.4) is 0 Å². The first kappa shape index (κ1) is 14.6. The summed E-state index contributed by atoms with van der Waals surface area (Å²) >= 11 is 0. The van der Waals surface area contributed by atoms with E-state index >= 15 is 0 Å². The zero-order chi connectivity index (χ0) is 15.5. The van der Waals surface area contributed by atoms with Gasteiger partial charge in [0.25, 0.3) is 5.91 Å². The van der Waals surface area contributed by atoms with Crippen LogP contribution >= 0.6 is 0 Å². The van der Waals surface area contributed by atoms with Crippen molar-refractivity contribution < 1.29 is 19.1 Å². The van der Waals surface area contributed by atoms with Crippen molar-refractivity contribution in [3.8, 4) is 5.75 Å². The molecule has 22 heavy (non-hydrogen) atoms. The lowest BCUT2D eigenvalue weighted by molar-refractivity contribution is -0.135. The maximum Gasteiger partial charge on any atom is 0.262 e. The second-order valence-electron chi connectivity index (χ2n) is 5.35. The van der Waals surface area contributed by atoms with E-state index in [9.17, 15) is 9.59 Å². The maximum atomic E-state index is 12.4. The van der Waals surface area contributed by atoms with Crippen molar-refractivity contribution in [3.05, 3.63) is 18.2 Å². The molecule has 1 fully saturated rings. The van der Waals surface area contributed by atoms with Gasteiger partial charge in [-0.1, -0.05) is 0 Å². The van der Waals surface area contributed by atoms with Crippen molar-refractivity contribution in [1.29, 1.82) is 0 Å². The van der Waals surface area contributed by atoms with Crippen LogP contribution in [0, 0.1) is 0 Å². The van der Waals surface area contributed by atoms with Crippen molar-refractivity contribution >= 4 is 23.2 Å². The summed E-state index contributed by atoms with van der Waals surface area (Å²) in [6, 6.07) is 5.04. The second kappa shape index (κ2) is 6.23. The summed E-state index contributed by atoms with van der Waals surface area (Å²) in [6.45, 7) is 4.28. The van der Waals surface area contributed by atoms with Gasteiger partial charge in [-0.2, -0.15) is 0 Å². The number of benzene rings is 1. The third-order valence-electron chi connectivity index (χ3n) is 3.69. The van der Waals surface area contributed by atoms with E-state index < -0.39 is 0 Å². The van der Waals surface area contributed by atoms with Gasteiger partial charge in [0.2, 0.25) is 5.91 Å². The van der Waals surface area contributed by atoms with E-state index in [1.807, 2.05) is 13.0 Å². The van der Waals surface area contributed by atoms with Gasteiger partial charge in [-0.05, 0) is 25.1 Å². The van der Waals surface area contributed by atoms with E-state index in [0.717, 1.165) is 5.69 Å². The summed E-state index contributed by atoms with van der Waals surface area (Å²) in [5.74, 6) is 0.501. The number of nitrogens with one attached hydrogen (secondary N) is 2. The number of morpholine rings is 1. The highest BCUT2D eigenvalue weighted by Crippen LogP contribution is 2.30. The Bertz CT molecular complexity index is 584. The van der Waals surface area contributed by atoms with Crippen molar-refractivity contribution in [3.63, 3.8) is 0 Å². The van der Waals surface area contributed by atoms with Crippen LogP contribution in [0.1, 0.15) is 6.92 Å². The third-order valence-corrected chi connectivity index (χ3v) is 3.69. The van der Waals surface area contributed by atoms with E-state index in [-0.39, 0.29) is 24.5 Å². The summed E-state index contributed by atoms with van der Waals surface area (Å²) in [5, 5.41) is 5.92. The zero-order valence-electron chi connectivity index (χ0n) is 12.4. The van der Waals surface area contributed by atoms with Crippen LogP contribution in [0.2, 0.25) is 0 Å². The minimum Gasteiger partial charge on any atom is -0.482 e. The summed E-state index contributed by atoms with van der Waals surface area (Å²) < 4.78 is 10.6. The number of hydrogen-bond acceptors (Lipinski definition) is 5. The van der Waals surface area contributed by atoms with Gasteiger partial charge in [0.05, 0.1) is 18.9 Å². The van der Waals surface area contributed by atoms with E-state index in [4.69, 9.17) is 9.47 Å². The van der Waals surface area contributed by atoms with Gasteiger partial charge in [-0.3, -0.25) is 9.59 Å². The Kier molecular flexibility index (Phi) is 4.15. The maximum absolute atomic E-state index is 12.4. The number of nitrogens with zero attached hydrogens (tertiary/aromatic N) is 1. The summed E-state index contributed by atoms with van der Waals surface area (Å²) in [4.78, 5) is 25.5. The molecule has 7 heteroatoms. The highest BCUT2D eigenvalue weighted by Gasteiger charge is 2.23. The van der Waals surface area contributed by atoms with E-state index in [1.54, 1.807) is 17.0 Å². The van der Waals surface area contributed by atoms with Crippen molar-refractivity contribution in [2.75, 3.05) is 43.5 Å². The largest absolute Gasteiger partial charge is 0.482 e. The zero-order valence-corrected chi connectivity index (χ0v) is 12.4. The van der Waals surface area contributed by atoms with Crippen LogP contribution in [0.4, 0.5) is 11.4 Å². The Labute approximate surface area is 128 Å². The van der Waals surface area contributed by atoms with Gasteiger partial charge in [-0.25, -0.2) is 0 Å². The molecule has 0 radical (unpaired) electrons. The van der Waals surface area contributed by atoms with E-state index in [0.29, 0.717) is 37.7 Å². The molecular weight excluding hydrogens is 286 g/mol. The van der Waals surface area contributed by atoms with Gasteiger partial charge in [-0.15, -0.1) is 0 Å². The van der Waals surface area contributed by atoms with Crippen LogP contribution in [0.25, 0.3) is 0 Å². The standard InChI is InChI=1S/C15H19N3O4/c1-10(15(20)18-4-6-21-7-5-18)16-11-2-3-13-12(8-11)17-14(19)9-22-13/h2-3,8,10,16H,4-7,9H2,1H3,(H,17,19)/t10-/m1/s1. The van der Waals surface area contributed by atoms with Gasteiger partial charge in [0.1, 0.15) is 11.8 Å². The molecule has 0 unspecified atom stereocenters. The normalized spacial score (nSPS) is 18.8. The number of amides is 2. The average molecular weight is 305 g/mol. The highest BCUT2D eigenvalue weighted by molar-refractivity contribution is 5.96. The lowest BCUT2D eigenvalue weighted by Gasteiger charge is -2.30. The number of rotatable bonds is 3. The molecule has 2 aliphatic heterocycles. The monoisotopic (exact) mass is 305 g/mol. The van der Waals surface area contributed by atoms with Gasteiger partial charge in [0, 0.05) is 18.8 Å². The molecule has 0 bridgehead atoms. The first-order chi connectivity index (χ1) is 10.6. The third kappa shape index (κ3) is 3.14. The van der Waals surface area contributed by atoms with Crippen LogP contribution in [-0.2, 0) is 14.3 Å². The topological polar surface area (TPSA) is 79.9 Å². The Hall–Kier alpha value is -2.28. The molecule has 1 aromatic carbocycles.